The second-order valence-electron chi connectivity index (χ2n) is 5.58. The van der Waals surface area contributed by atoms with Crippen molar-refractivity contribution in [3.63, 3.8) is 0 Å². The van der Waals surface area contributed by atoms with Gasteiger partial charge in [-0.1, -0.05) is 24.3 Å². The van der Waals surface area contributed by atoms with E-state index in [1.165, 1.54) is 6.92 Å². The lowest BCUT2D eigenvalue weighted by atomic mass is 10.1. The number of rotatable bonds is 10. The molecule has 0 saturated carbocycles. The van der Waals surface area contributed by atoms with Crippen LogP contribution in [-0.2, 0) is 6.42 Å². The van der Waals surface area contributed by atoms with Crippen LogP contribution in [0.2, 0.25) is 0 Å². The fourth-order valence-electron chi connectivity index (χ4n) is 2.43. The van der Waals surface area contributed by atoms with Crippen LogP contribution in [0.3, 0.4) is 0 Å². The van der Waals surface area contributed by atoms with E-state index in [0.717, 1.165) is 12.0 Å². The fourth-order valence-corrected chi connectivity index (χ4v) is 2.43. The summed E-state index contributed by atoms with van der Waals surface area (Å²) in [5.74, 6) is 2.03. The minimum Gasteiger partial charge on any atom is -0.493 e. The lowest BCUT2D eigenvalue weighted by Crippen LogP contribution is -2.07. The Bertz CT molecular complexity index is 722. The summed E-state index contributed by atoms with van der Waals surface area (Å²) in [6, 6.07) is 13.1. The van der Waals surface area contributed by atoms with E-state index in [1.54, 1.807) is 19.2 Å². The molecule has 25 heavy (non-hydrogen) atoms. The summed E-state index contributed by atoms with van der Waals surface area (Å²) in [4.78, 5) is 11.6. The summed E-state index contributed by atoms with van der Waals surface area (Å²) in [6.45, 7) is 6.25. The predicted octanol–water partition coefficient (Wildman–Crippen LogP) is 4.47. The third-order valence-electron chi connectivity index (χ3n) is 3.68. The number of hydrogen-bond donors (Lipinski definition) is 0. The molecular weight excluding hydrogens is 316 g/mol. The molecule has 2 rings (SSSR count). The molecule has 0 aliphatic heterocycles. The van der Waals surface area contributed by atoms with Gasteiger partial charge in [-0.05, 0) is 43.2 Å². The summed E-state index contributed by atoms with van der Waals surface area (Å²) in [6.07, 6.45) is 3.34. The Hall–Kier alpha value is -2.75. The standard InChI is InChI=1S/C21H24O4/c1-4-8-17-11-12-20(21(15-17)23-3)25-14-7-13-24-19-10-6-5-9-18(19)16(2)22/h4-6,9-12,15H,1,7-8,13-14H2,2-3H3. The monoisotopic (exact) mass is 340 g/mol. The highest BCUT2D eigenvalue weighted by Gasteiger charge is 2.08. The maximum Gasteiger partial charge on any atom is 0.163 e. The normalized spacial score (nSPS) is 10.2. The zero-order valence-corrected chi connectivity index (χ0v) is 14.8. The minimum atomic E-state index is -0.00352. The van der Waals surface area contributed by atoms with Crippen molar-refractivity contribution in [1.29, 1.82) is 0 Å². The van der Waals surface area contributed by atoms with E-state index in [4.69, 9.17) is 14.2 Å². The average Bonchev–Trinajstić information content (AvgIpc) is 2.62. The van der Waals surface area contributed by atoms with E-state index >= 15 is 0 Å². The number of Topliss-reactive ketones (excluding diaryl/α,β-unsaturated/α-hetero) is 1. The van der Waals surface area contributed by atoms with Gasteiger partial charge < -0.3 is 14.2 Å². The predicted molar refractivity (Wildman–Crippen MR) is 98.9 cm³/mol. The van der Waals surface area contributed by atoms with Gasteiger partial charge >= 0.3 is 0 Å². The second kappa shape index (κ2) is 9.52. The molecule has 0 radical (unpaired) electrons. The SMILES string of the molecule is C=CCc1ccc(OCCCOc2ccccc2C(C)=O)c(OC)c1. The summed E-state index contributed by atoms with van der Waals surface area (Å²) in [5, 5.41) is 0. The number of allylic oxidation sites excluding steroid dienone is 1. The smallest absolute Gasteiger partial charge is 0.163 e. The molecule has 0 N–H and O–H groups in total. The molecule has 0 saturated heterocycles. The highest BCUT2D eigenvalue weighted by atomic mass is 16.5. The van der Waals surface area contributed by atoms with Crippen LogP contribution in [0.1, 0.15) is 29.3 Å². The van der Waals surface area contributed by atoms with Crippen LogP contribution in [0.5, 0.6) is 17.2 Å². The third kappa shape index (κ3) is 5.38. The van der Waals surface area contributed by atoms with Crippen molar-refractivity contribution in [3.05, 3.63) is 66.2 Å². The lowest BCUT2D eigenvalue weighted by Gasteiger charge is -2.13. The summed E-state index contributed by atoms with van der Waals surface area (Å²) in [7, 11) is 1.63. The number of hydrogen-bond acceptors (Lipinski definition) is 4. The van der Waals surface area contributed by atoms with E-state index in [0.29, 0.717) is 42.4 Å². The zero-order valence-electron chi connectivity index (χ0n) is 14.8. The van der Waals surface area contributed by atoms with Gasteiger partial charge in [-0.15, -0.1) is 6.58 Å². The van der Waals surface area contributed by atoms with Gasteiger partial charge in [-0.25, -0.2) is 0 Å². The van der Waals surface area contributed by atoms with Crippen LogP contribution < -0.4 is 14.2 Å². The van der Waals surface area contributed by atoms with Crippen LogP contribution in [0.4, 0.5) is 0 Å². The van der Waals surface area contributed by atoms with Crippen LogP contribution in [0.15, 0.2) is 55.1 Å². The molecule has 0 aromatic heterocycles. The first-order valence-electron chi connectivity index (χ1n) is 8.29. The Balaban J connectivity index is 1.84. The first-order chi connectivity index (χ1) is 12.2. The number of ether oxygens (including phenoxy) is 3. The van der Waals surface area contributed by atoms with Gasteiger partial charge in [0.25, 0.3) is 0 Å². The van der Waals surface area contributed by atoms with Crippen molar-refractivity contribution >= 4 is 5.78 Å². The molecule has 2 aromatic rings. The summed E-state index contributed by atoms with van der Waals surface area (Å²) in [5.41, 5.74) is 1.73. The average molecular weight is 340 g/mol. The highest BCUT2D eigenvalue weighted by Crippen LogP contribution is 2.28. The van der Waals surface area contributed by atoms with Crippen molar-refractivity contribution < 1.29 is 19.0 Å². The van der Waals surface area contributed by atoms with Gasteiger partial charge in [-0.2, -0.15) is 0 Å². The lowest BCUT2D eigenvalue weighted by molar-refractivity contribution is 0.101. The maximum atomic E-state index is 11.6. The first-order valence-corrected chi connectivity index (χ1v) is 8.29. The Morgan fingerprint density at radius 1 is 1.04 bits per heavy atom. The molecular formula is C21H24O4. The maximum absolute atomic E-state index is 11.6. The molecule has 0 heterocycles. The summed E-state index contributed by atoms with van der Waals surface area (Å²) < 4.78 is 16.9. The van der Waals surface area contributed by atoms with Gasteiger partial charge in [0.1, 0.15) is 5.75 Å². The number of ketones is 1. The van der Waals surface area contributed by atoms with Crippen molar-refractivity contribution in [2.75, 3.05) is 20.3 Å². The second-order valence-corrected chi connectivity index (χ2v) is 5.58. The Morgan fingerprint density at radius 2 is 1.76 bits per heavy atom. The number of carbonyl (C=O) groups excluding carboxylic acids is 1. The summed E-state index contributed by atoms with van der Waals surface area (Å²) >= 11 is 0. The molecule has 4 nitrogen and oxygen atoms in total. The highest BCUT2D eigenvalue weighted by molar-refractivity contribution is 5.96. The molecule has 2 aromatic carbocycles. The number of benzene rings is 2. The van der Waals surface area contributed by atoms with Gasteiger partial charge in [0, 0.05) is 6.42 Å². The topological polar surface area (TPSA) is 44.8 Å². The minimum absolute atomic E-state index is 0.00352. The van der Waals surface area contributed by atoms with Crippen LogP contribution in [0.25, 0.3) is 0 Å². The van der Waals surface area contributed by atoms with Crippen molar-refractivity contribution in [3.8, 4) is 17.2 Å². The van der Waals surface area contributed by atoms with Crippen LogP contribution >= 0.6 is 0 Å². The number of carbonyl (C=O) groups is 1. The van der Waals surface area contributed by atoms with Crippen molar-refractivity contribution in [2.45, 2.75) is 19.8 Å². The largest absolute Gasteiger partial charge is 0.493 e. The molecule has 0 spiro atoms. The quantitative estimate of drug-likeness (QED) is 0.363. The molecule has 0 unspecified atom stereocenters. The van der Waals surface area contributed by atoms with Gasteiger partial charge in [0.15, 0.2) is 17.3 Å². The molecule has 0 fully saturated rings. The molecule has 0 bridgehead atoms. The Morgan fingerprint density at radius 3 is 2.44 bits per heavy atom. The fraction of sp³-hybridized carbons (Fsp3) is 0.286. The number of para-hydroxylation sites is 1. The van der Waals surface area contributed by atoms with E-state index in [9.17, 15) is 4.79 Å². The van der Waals surface area contributed by atoms with Gasteiger partial charge in [0.2, 0.25) is 0 Å². The van der Waals surface area contributed by atoms with E-state index in [-0.39, 0.29) is 5.78 Å². The molecule has 4 heteroatoms. The third-order valence-corrected chi connectivity index (χ3v) is 3.68. The molecule has 0 aliphatic rings. The zero-order chi connectivity index (χ0) is 18.1. The molecule has 132 valence electrons. The van der Waals surface area contributed by atoms with E-state index in [1.807, 2.05) is 36.4 Å². The van der Waals surface area contributed by atoms with E-state index in [2.05, 4.69) is 6.58 Å². The Labute approximate surface area is 149 Å². The van der Waals surface area contributed by atoms with Crippen molar-refractivity contribution in [2.24, 2.45) is 0 Å². The molecule has 0 atom stereocenters. The Kier molecular flexibility index (Phi) is 7.08. The van der Waals surface area contributed by atoms with Gasteiger partial charge in [-0.3, -0.25) is 4.79 Å². The van der Waals surface area contributed by atoms with E-state index < -0.39 is 0 Å². The van der Waals surface area contributed by atoms with Crippen molar-refractivity contribution in [1.82, 2.24) is 0 Å². The van der Waals surface area contributed by atoms with Crippen LogP contribution in [-0.4, -0.2) is 26.1 Å². The first kappa shape index (κ1) is 18.6. The number of methoxy groups -OCH3 is 1. The molecule has 0 amide bonds. The molecule has 0 aliphatic carbocycles. The van der Waals surface area contributed by atoms with Gasteiger partial charge in [0.05, 0.1) is 25.9 Å². The van der Waals surface area contributed by atoms with Crippen LogP contribution in [0, 0.1) is 0 Å².